The van der Waals surface area contributed by atoms with Crippen LogP contribution in [0.2, 0.25) is 0 Å². The van der Waals surface area contributed by atoms with Crippen molar-refractivity contribution in [3.63, 3.8) is 0 Å². The molecule has 0 atom stereocenters. The van der Waals surface area contributed by atoms with E-state index in [2.05, 4.69) is 26.9 Å². The zero-order chi connectivity index (χ0) is 21.4. The van der Waals surface area contributed by atoms with Gasteiger partial charge in [0.05, 0.1) is 19.7 Å². The van der Waals surface area contributed by atoms with Crippen LogP contribution in [-0.4, -0.2) is 62.1 Å². The van der Waals surface area contributed by atoms with Crippen molar-refractivity contribution in [2.45, 2.75) is 6.54 Å². The predicted molar refractivity (Wildman–Crippen MR) is 117 cm³/mol. The molecule has 31 heavy (non-hydrogen) atoms. The lowest BCUT2D eigenvalue weighted by Crippen LogP contribution is -2.46. The fourth-order valence-corrected chi connectivity index (χ4v) is 4.01. The summed E-state index contributed by atoms with van der Waals surface area (Å²) >= 11 is 0. The van der Waals surface area contributed by atoms with Crippen LogP contribution in [0.25, 0.3) is 10.9 Å². The van der Waals surface area contributed by atoms with Crippen LogP contribution in [0, 0.1) is 0 Å². The summed E-state index contributed by atoms with van der Waals surface area (Å²) in [6.07, 6.45) is 0. The fourth-order valence-electron chi connectivity index (χ4n) is 4.01. The number of hydrogen-bond donors (Lipinski definition) is 1. The minimum Gasteiger partial charge on any atom is -0.493 e. The van der Waals surface area contributed by atoms with Crippen molar-refractivity contribution in [3.05, 3.63) is 35.9 Å². The third-order valence-electron chi connectivity index (χ3n) is 5.72. The first kappa shape index (κ1) is 19.5. The Morgan fingerprint density at radius 1 is 0.935 bits per heavy atom. The van der Waals surface area contributed by atoms with Gasteiger partial charge in [0.2, 0.25) is 12.7 Å². The average Bonchev–Trinajstić information content (AvgIpc) is 3.26. The Labute approximate surface area is 180 Å². The van der Waals surface area contributed by atoms with E-state index in [0.717, 1.165) is 55.1 Å². The molecule has 2 aliphatic rings. The first-order valence-corrected chi connectivity index (χ1v) is 10.2. The Morgan fingerprint density at radius 2 is 1.68 bits per heavy atom. The molecule has 2 aromatic carbocycles. The Hall–Kier alpha value is -3.46. The number of benzene rings is 2. The van der Waals surface area contributed by atoms with E-state index in [1.165, 1.54) is 5.56 Å². The van der Waals surface area contributed by atoms with Gasteiger partial charge >= 0.3 is 0 Å². The number of fused-ring (bicyclic) bond motifs is 2. The highest BCUT2D eigenvalue weighted by molar-refractivity contribution is 5.91. The number of ether oxygens (including phenoxy) is 4. The number of hydrogen-bond acceptors (Lipinski definition) is 9. The molecule has 3 aromatic rings. The van der Waals surface area contributed by atoms with Crippen molar-refractivity contribution in [1.82, 2.24) is 14.9 Å². The van der Waals surface area contributed by atoms with Crippen LogP contribution in [0.15, 0.2) is 30.3 Å². The number of nitrogen functional groups attached to an aromatic ring is 1. The van der Waals surface area contributed by atoms with Crippen molar-refractivity contribution >= 4 is 22.7 Å². The number of nitrogens with two attached hydrogens (primary N) is 1. The molecule has 1 aromatic heterocycles. The molecule has 2 aliphatic heterocycles. The molecule has 5 rings (SSSR count). The van der Waals surface area contributed by atoms with E-state index in [4.69, 9.17) is 29.7 Å². The van der Waals surface area contributed by atoms with Crippen molar-refractivity contribution in [1.29, 1.82) is 0 Å². The standard InChI is InChI=1S/C22H25N5O4/c1-28-18-10-15-16(11-19(18)29-2)24-22(25-21(15)23)27-7-5-26(6-8-27)12-14-3-4-17-20(9-14)31-13-30-17/h3-4,9-11H,5-8,12-13H2,1-2H3,(H2,23,24,25). The highest BCUT2D eigenvalue weighted by Gasteiger charge is 2.22. The summed E-state index contributed by atoms with van der Waals surface area (Å²) in [7, 11) is 3.20. The van der Waals surface area contributed by atoms with Crippen molar-refractivity contribution in [3.8, 4) is 23.0 Å². The lowest BCUT2D eigenvalue weighted by atomic mass is 10.1. The maximum absolute atomic E-state index is 6.25. The number of methoxy groups -OCH3 is 2. The van der Waals surface area contributed by atoms with Crippen LogP contribution in [0.4, 0.5) is 11.8 Å². The Bertz CT molecular complexity index is 1110. The predicted octanol–water partition coefficient (Wildman–Crippen LogP) is 2.28. The van der Waals surface area contributed by atoms with Gasteiger partial charge in [-0.25, -0.2) is 4.98 Å². The van der Waals surface area contributed by atoms with Gasteiger partial charge in [-0.3, -0.25) is 4.90 Å². The first-order valence-electron chi connectivity index (χ1n) is 10.2. The van der Waals surface area contributed by atoms with Crippen molar-refractivity contribution < 1.29 is 18.9 Å². The molecule has 0 unspecified atom stereocenters. The van der Waals surface area contributed by atoms with Gasteiger partial charge in [-0.05, 0) is 23.8 Å². The summed E-state index contributed by atoms with van der Waals surface area (Å²) in [6, 6.07) is 9.78. The molecule has 0 bridgehead atoms. The highest BCUT2D eigenvalue weighted by atomic mass is 16.7. The lowest BCUT2D eigenvalue weighted by Gasteiger charge is -2.34. The van der Waals surface area contributed by atoms with Gasteiger partial charge in [-0.15, -0.1) is 0 Å². The molecule has 9 nitrogen and oxygen atoms in total. The molecule has 9 heteroatoms. The van der Waals surface area contributed by atoms with Crippen molar-refractivity contribution in [2.75, 3.05) is 57.8 Å². The second-order valence-corrected chi connectivity index (χ2v) is 7.58. The smallest absolute Gasteiger partial charge is 0.231 e. The van der Waals surface area contributed by atoms with E-state index in [-0.39, 0.29) is 0 Å². The molecule has 0 amide bonds. The van der Waals surface area contributed by atoms with Gasteiger partial charge in [0, 0.05) is 44.2 Å². The van der Waals surface area contributed by atoms with Crippen molar-refractivity contribution in [2.24, 2.45) is 0 Å². The Balaban J connectivity index is 1.29. The summed E-state index contributed by atoms with van der Waals surface area (Å²) in [4.78, 5) is 13.9. The molecule has 162 valence electrons. The fraction of sp³-hybridized carbons (Fsp3) is 0.364. The minimum absolute atomic E-state index is 0.297. The van der Waals surface area contributed by atoms with Gasteiger partial charge in [0.25, 0.3) is 0 Å². The van der Waals surface area contributed by atoms with Gasteiger partial charge in [-0.2, -0.15) is 4.98 Å². The lowest BCUT2D eigenvalue weighted by molar-refractivity contribution is 0.174. The molecule has 0 radical (unpaired) electrons. The number of aromatic nitrogens is 2. The third-order valence-corrected chi connectivity index (χ3v) is 5.72. The van der Waals surface area contributed by atoms with Crippen LogP contribution in [0.3, 0.4) is 0 Å². The van der Waals surface area contributed by atoms with Gasteiger partial charge in [0.1, 0.15) is 5.82 Å². The number of anilines is 2. The van der Waals surface area contributed by atoms with Crippen LogP contribution in [-0.2, 0) is 6.54 Å². The zero-order valence-corrected chi connectivity index (χ0v) is 17.6. The molecular formula is C22H25N5O4. The molecule has 2 N–H and O–H groups in total. The maximum atomic E-state index is 6.25. The molecule has 0 spiro atoms. The summed E-state index contributed by atoms with van der Waals surface area (Å²) in [5.74, 6) is 3.93. The number of nitrogens with zero attached hydrogens (tertiary/aromatic N) is 4. The number of piperazine rings is 1. The molecule has 1 saturated heterocycles. The Kier molecular flexibility index (Phi) is 5.03. The summed E-state index contributed by atoms with van der Waals surface area (Å²) in [5.41, 5.74) is 8.20. The van der Waals surface area contributed by atoms with E-state index in [1.54, 1.807) is 14.2 Å². The summed E-state index contributed by atoms with van der Waals surface area (Å²) in [5, 5.41) is 0.753. The van der Waals surface area contributed by atoms with Crippen LogP contribution in [0.5, 0.6) is 23.0 Å². The normalized spacial score (nSPS) is 16.0. The molecular weight excluding hydrogens is 398 g/mol. The van der Waals surface area contributed by atoms with E-state index < -0.39 is 0 Å². The monoisotopic (exact) mass is 423 g/mol. The maximum Gasteiger partial charge on any atom is 0.231 e. The van der Waals surface area contributed by atoms with E-state index in [0.29, 0.717) is 30.1 Å². The van der Waals surface area contributed by atoms with Crippen LogP contribution in [0.1, 0.15) is 5.56 Å². The highest BCUT2D eigenvalue weighted by Crippen LogP contribution is 2.35. The summed E-state index contributed by atoms with van der Waals surface area (Å²) in [6.45, 7) is 4.61. The largest absolute Gasteiger partial charge is 0.493 e. The third kappa shape index (κ3) is 3.72. The molecule has 3 heterocycles. The van der Waals surface area contributed by atoms with E-state index in [9.17, 15) is 0 Å². The zero-order valence-electron chi connectivity index (χ0n) is 17.6. The van der Waals surface area contributed by atoms with Gasteiger partial charge < -0.3 is 29.6 Å². The second kappa shape index (κ2) is 7.99. The second-order valence-electron chi connectivity index (χ2n) is 7.58. The molecule has 0 saturated carbocycles. The average molecular weight is 423 g/mol. The molecule has 0 aliphatic carbocycles. The SMILES string of the molecule is COc1cc2nc(N3CCN(Cc4ccc5c(c4)OCO5)CC3)nc(N)c2cc1OC. The topological polar surface area (TPSA) is 95.2 Å². The first-order chi connectivity index (χ1) is 15.1. The van der Waals surface area contributed by atoms with Gasteiger partial charge in [0.15, 0.2) is 23.0 Å². The number of rotatable bonds is 5. The molecule has 1 fully saturated rings. The Morgan fingerprint density at radius 3 is 2.45 bits per heavy atom. The summed E-state index contributed by atoms with van der Waals surface area (Å²) < 4.78 is 21.6. The quantitative estimate of drug-likeness (QED) is 0.663. The van der Waals surface area contributed by atoms with Crippen LogP contribution < -0.4 is 29.6 Å². The van der Waals surface area contributed by atoms with E-state index >= 15 is 0 Å². The van der Waals surface area contributed by atoms with Gasteiger partial charge in [-0.1, -0.05) is 6.07 Å². The van der Waals surface area contributed by atoms with E-state index in [1.807, 2.05) is 18.2 Å². The van der Waals surface area contributed by atoms with Crippen LogP contribution >= 0.6 is 0 Å². The minimum atomic E-state index is 0.297.